The molecule has 0 radical (unpaired) electrons. The molecular weight excluding hydrogens is 352 g/mol. The first-order valence-corrected chi connectivity index (χ1v) is 8.35. The molecule has 2 heterocycles. The molecule has 1 N–H and O–H groups in total. The number of benzene rings is 1. The Hall–Kier alpha value is -3.55. The molecule has 26 heavy (non-hydrogen) atoms. The van der Waals surface area contributed by atoms with E-state index < -0.39 is 5.91 Å². The van der Waals surface area contributed by atoms with Crippen molar-refractivity contribution in [3.8, 4) is 21.8 Å². The van der Waals surface area contributed by atoms with Crippen LogP contribution in [0.1, 0.15) is 17.3 Å². The van der Waals surface area contributed by atoms with Gasteiger partial charge in [0.25, 0.3) is 0 Å². The number of thiophene rings is 1. The van der Waals surface area contributed by atoms with E-state index in [9.17, 15) is 9.59 Å². The monoisotopic (exact) mass is 364 g/mol. The average molecular weight is 364 g/mol. The van der Waals surface area contributed by atoms with Gasteiger partial charge in [0.15, 0.2) is 5.82 Å². The first kappa shape index (κ1) is 17.3. The summed E-state index contributed by atoms with van der Waals surface area (Å²) in [6.07, 6.45) is 1.55. The third-order valence-electron chi connectivity index (χ3n) is 3.38. The number of carbonyl (C=O) groups excluding carboxylic acids is 2. The second-order valence-corrected chi connectivity index (χ2v) is 6.13. The molecule has 0 spiro atoms. The smallest absolute Gasteiger partial charge is 0.249 e. The van der Waals surface area contributed by atoms with Gasteiger partial charge in [-0.2, -0.15) is 0 Å². The van der Waals surface area contributed by atoms with Gasteiger partial charge in [0.05, 0.1) is 16.8 Å². The van der Waals surface area contributed by atoms with Gasteiger partial charge in [-0.3, -0.25) is 9.59 Å². The van der Waals surface area contributed by atoms with Crippen LogP contribution in [-0.4, -0.2) is 21.8 Å². The highest BCUT2D eigenvalue weighted by molar-refractivity contribution is 7.13. The van der Waals surface area contributed by atoms with E-state index >= 15 is 0 Å². The molecule has 2 amide bonds. The molecule has 0 bridgehead atoms. The summed E-state index contributed by atoms with van der Waals surface area (Å²) in [6, 6.07) is 10.3. The minimum atomic E-state index is -0.648. The van der Waals surface area contributed by atoms with E-state index in [1.165, 1.54) is 18.3 Å². The lowest BCUT2D eigenvalue weighted by molar-refractivity contribution is -0.114. The van der Waals surface area contributed by atoms with Crippen molar-refractivity contribution in [1.29, 1.82) is 0 Å². The van der Waals surface area contributed by atoms with Gasteiger partial charge in [0, 0.05) is 23.0 Å². The Morgan fingerprint density at radius 2 is 2.00 bits per heavy atom. The maximum atomic E-state index is 11.6. The van der Waals surface area contributed by atoms with Crippen LogP contribution in [0.15, 0.2) is 53.1 Å². The molecule has 0 saturated carbocycles. The topological polar surface area (TPSA) is 121 Å². The second kappa shape index (κ2) is 7.56. The summed E-state index contributed by atoms with van der Waals surface area (Å²) >= 11 is 1.49. The number of amides is 2. The molecule has 0 aliphatic carbocycles. The van der Waals surface area contributed by atoms with Crippen LogP contribution in [0.5, 0.6) is 0 Å². The predicted octanol–water partition coefficient (Wildman–Crippen LogP) is 4.28. The molecule has 3 rings (SSSR count). The molecule has 8 nitrogen and oxygen atoms in total. The molecule has 0 aliphatic heterocycles. The number of azide groups is 1. The summed E-state index contributed by atoms with van der Waals surface area (Å²) in [5.41, 5.74) is 10.5. The zero-order chi connectivity index (χ0) is 18.5. The highest BCUT2D eigenvalue weighted by Crippen LogP contribution is 2.30. The Morgan fingerprint density at radius 1 is 1.23 bits per heavy atom. The first-order valence-electron chi connectivity index (χ1n) is 7.47. The van der Waals surface area contributed by atoms with Crippen LogP contribution < -0.4 is 5.32 Å². The predicted molar refractivity (Wildman–Crippen MR) is 98.6 cm³/mol. The highest BCUT2D eigenvalue weighted by Gasteiger charge is 2.13. The summed E-state index contributed by atoms with van der Waals surface area (Å²) < 4.78 is 0. The molecule has 0 atom stereocenters. The van der Waals surface area contributed by atoms with Crippen molar-refractivity contribution >= 4 is 29.0 Å². The van der Waals surface area contributed by atoms with Crippen molar-refractivity contribution in [3.63, 3.8) is 0 Å². The summed E-state index contributed by atoms with van der Waals surface area (Å²) in [5, 5.41) is 7.65. The van der Waals surface area contributed by atoms with Gasteiger partial charge >= 0.3 is 0 Å². The summed E-state index contributed by atoms with van der Waals surface area (Å²) in [6.45, 7) is 1.41. The Kier molecular flexibility index (Phi) is 5.02. The Morgan fingerprint density at radius 3 is 2.62 bits per heavy atom. The van der Waals surface area contributed by atoms with Crippen molar-refractivity contribution in [2.75, 3.05) is 5.32 Å². The van der Waals surface area contributed by atoms with Gasteiger partial charge in [0.2, 0.25) is 11.8 Å². The van der Waals surface area contributed by atoms with Crippen LogP contribution in [-0.2, 0) is 4.79 Å². The fourth-order valence-corrected chi connectivity index (χ4v) is 2.97. The molecule has 0 aliphatic rings. The summed E-state index contributed by atoms with van der Waals surface area (Å²) in [5.74, 6) is -0.491. The van der Waals surface area contributed by atoms with Crippen molar-refractivity contribution in [3.05, 3.63) is 64.0 Å². The number of rotatable bonds is 4. The lowest BCUT2D eigenvalue weighted by Gasteiger charge is -2.09. The van der Waals surface area contributed by atoms with Crippen LogP contribution in [0.25, 0.3) is 32.3 Å². The number of aromatic nitrogens is 2. The SMILES string of the molecule is CC(=O)Nc1ncc(-c2ccc(C(=O)N=[N+]=[N-])cc2)nc1-c1cccs1. The van der Waals surface area contributed by atoms with Gasteiger partial charge in [-0.25, -0.2) is 9.97 Å². The van der Waals surface area contributed by atoms with Crippen LogP contribution in [0.4, 0.5) is 5.82 Å². The van der Waals surface area contributed by atoms with Gasteiger partial charge in [-0.05, 0) is 22.1 Å². The number of hydrogen-bond donors (Lipinski definition) is 1. The molecule has 2 aromatic heterocycles. The maximum absolute atomic E-state index is 11.6. The lowest BCUT2D eigenvalue weighted by atomic mass is 10.1. The molecule has 128 valence electrons. The highest BCUT2D eigenvalue weighted by atomic mass is 32.1. The van der Waals surface area contributed by atoms with Gasteiger partial charge in [-0.1, -0.05) is 30.3 Å². The fraction of sp³-hybridized carbons (Fsp3) is 0.0588. The molecular formula is C17H12N6O2S. The van der Waals surface area contributed by atoms with E-state index in [0.717, 1.165) is 10.4 Å². The standard InChI is InChI=1S/C17H12N6O2S/c1-10(24)20-16-15(14-3-2-8-26-14)21-13(9-19-16)11-4-6-12(7-5-11)17(25)22-23-18/h2-9H,1H3,(H,19,20,24). The Labute approximate surface area is 152 Å². The van der Waals surface area contributed by atoms with Crippen molar-refractivity contribution in [2.45, 2.75) is 6.92 Å². The quantitative estimate of drug-likeness (QED) is 0.422. The number of nitrogens with one attached hydrogen (secondary N) is 1. The minimum absolute atomic E-state index is 0.231. The average Bonchev–Trinajstić information content (AvgIpc) is 3.16. The van der Waals surface area contributed by atoms with Gasteiger partial charge < -0.3 is 5.32 Å². The largest absolute Gasteiger partial charge is 0.309 e. The molecule has 0 saturated heterocycles. The van der Waals surface area contributed by atoms with Crippen molar-refractivity contribution in [1.82, 2.24) is 9.97 Å². The number of hydrogen-bond acceptors (Lipinski definition) is 5. The lowest BCUT2D eigenvalue weighted by Crippen LogP contribution is -2.09. The van der Waals surface area contributed by atoms with E-state index in [2.05, 4.69) is 25.3 Å². The van der Waals surface area contributed by atoms with Crippen LogP contribution >= 0.6 is 11.3 Å². The normalized spacial score (nSPS) is 10.0. The summed E-state index contributed by atoms with van der Waals surface area (Å²) in [4.78, 5) is 35.3. The molecule has 3 aromatic rings. The second-order valence-electron chi connectivity index (χ2n) is 5.18. The van der Waals surface area contributed by atoms with E-state index in [-0.39, 0.29) is 11.5 Å². The van der Waals surface area contributed by atoms with Crippen molar-refractivity contribution < 1.29 is 9.59 Å². The summed E-state index contributed by atoms with van der Waals surface area (Å²) in [7, 11) is 0. The van der Waals surface area contributed by atoms with Crippen molar-refractivity contribution in [2.24, 2.45) is 5.11 Å². The molecule has 9 heteroatoms. The van der Waals surface area contributed by atoms with Crippen LogP contribution in [0.3, 0.4) is 0 Å². The minimum Gasteiger partial charge on any atom is -0.309 e. The van der Waals surface area contributed by atoms with Gasteiger partial charge in [-0.15, -0.1) is 11.3 Å². The molecule has 0 fully saturated rings. The maximum Gasteiger partial charge on any atom is 0.249 e. The van der Waals surface area contributed by atoms with E-state index in [4.69, 9.17) is 5.53 Å². The molecule has 0 unspecified atom stereocenters. The van der Waals surface area contributed by atoms with Crippen LogP contribution in [0, 0.1) is 0 Å². The van der Waals surface area contributed by atoms with Gasteiger partial charge in [0.1, 0.15) is 5.69 Å². The zero-order valence-corrected chi connectivity index (χ0v) is 14.4. The fourth-order valence-electron chi connectivity index (χ4n) is 2.25. The third-order valence-corrected chi connectivity index (χ3v) is 4.26. The first-order chi connectivity index (χ1) is 12.6. The number of nitrogens with zero attached hydrogens (tertiary/aromatic N) is 5. The van der Waals surface area contributed by atoms with Crippen LogP contribution in [0.2, 0.25) is 0 Å². The number of carbonyl (C=O) groups is 2. The van der Waals surface area contributed by atoms with E-state index in [1.54, 1.807) is 30.5 Å². The van der Waals surface area contributed by atoms with E-state index in [1.807, 2.05) is 17.5 Å². The zero-order valence-electron chi connectivity index (χ0n) is 13.6. The molecule has 1 aromatic carbocycles. The van der Waals surface area contributed by atoms with E-state index in [0.29, 0.717) is 17.2 Å². The number of anilines is 1. The Bertz CT molecular complexity index is 1010. The third kappa shape index (κ3) is 3.75. The Balaban J connectivity index is 2.00.